The summed E-state index contributed by atoms with van der Waals surface area (Å²) in [6, 6.07) is 5.89. The molecule has 0 fully saturated rings. The summed E-state index contributed by atoms with van der Waals surface area (Å²) in [6.45, 7) is 6.13. The molecule has 0 heterocycles. The second-order valence-electron chi connectivity index (χ2n) is 5.41. The number of nitrogens with zero attached hydrogens (tertiary/aromatic N) is 1. The second kappa shape index (κ2) is 10.7. The highest BCUT2D eigenvalue weighted by Gasteiger charge is 2.04. The molecule has 0 aromatic heterocycles. The van der Waals surface area contributed by atoms with Gasteiger partial charge in [-0.1, -0.05) is 6.07 Å². The summed E-state index contributed by atoms with van der Waals surface area (Å²) in [5, 5.41) is 3.11. The van der Waals surface area contributed by atoms with Crippen LogP contribution in [0.4, 0.5) is 0 Å². The van der Waals surface area contributed by atoms with Crippen molar-refractivity contribution in [3.63, 3.8) is 0 Å². The fourth-order valence-electron chi connectivity index (χ4n) is 2.01. The van der Waals surface area contributed by atoms with E-state index in [0.29, 0.717) is 25.7 Å². The first-order valence-electron chi connectivity index (χ1n) is 7.93. The third kappa shape index (κ3) is 7.74. The largest absolute Gasteiger partial charge is 0.493 e. The first kappa shape index (κ1) is 19.1. The molecule has 0 saturated heterocycles. The lowest BCUT2D eigenvalue weighted by Gasteiger charge is -2.10. The van der Waals surface area contributed by atoms with Gasteiger partial charge >= 0.3 is 0 Å². The lowest BCUT2D eigenvalue weighted by Crippen LogP contribution is -2.33. The predicted molar refractivity (Wildman–Crippen MR) is 93.4 cm³/mol. The van der Waals surface area contributed by atoms with Crippen LogP contribution in [0.25, 0.3) is 0 Å². The van der Waals surface area contributed by atoms with Crippen LogP contribution in [-0.2, 0) is 11.2 Å². The third-order valence-corrected chi connectivity index (χ3v) is 3.20. The molecule has 0 amide bonds. The summed E-state index contributed by atoms with van der Waals surface area (Å²) >= 11 is 0. The Hall–Kier alpha value is -1.95. The molecule has 1 rings (SSSR count). The van der Waals surface area contributed by atoms with Crippen LogP contribution >= 0.6 is 0 Å². The van der Waals surface area contributed by atoms with E-state index in [1.807, 2.05) is 32.0 Å². The van der Waals surface area contributed by atoms with Crippen molar-refractivity contribution >= 4 is 5.96 Å². The van der Waals surface area contributed by atoms with Crippen molar-refractivity contribution in [2.75, 3.05) is 33.9 Å². The molecule has 1 aromatic carbocycles. The summed E-state index contributed by atoms with van der Waals surface area (Å²) in [4.78, 5) is 4.27. The molecule has 6 heteroatoms. The van der Waals surface area contributed by atoms with E-state index < -0.39 is 0 Å². The molecule has 0 spiro atoms. The van der Waals surface area contributed by atoms with Gasteiger partial charge in [0, 0.05) is 19.7 Å². The molecule has 0 saturated carbocycles. The Labute approximate surface area is 139 Å². The highest BCUT2D eigenvalue weighted by molar-refractivity contribution is 5.77. The minimum atomic E-state index is 0.260. The topological polar surface area (TPSA) is 78.1 Å². The number of aliphatic imine (C=N–C) groups is 1. The van der Waals surface area contributed by atoms with Gasteiger partial charge in [0.2, 0.25) is 0 Å². The minimum Gasteiger partial charge on any atom is -0.493 e. The van der Waals surface area contributed by atoms with E-state index in [0.717, 1.165) is 29.9 Å². The quantitative estimate of drug-likeness (QED) is 0.391. The van der Waals surface area contributed by atoms with Crippen molar-refractivity contribution in [2.45, 2.75) is 32.8 Å². The van der Waals surface area contributed by atoms with E-state index in [4.69, 9.17) is 19.9 Å². The molecule has 6 nitrogen and oxygen atoms in total. The van der Waals surface area contributed by atoms with Crippen molar-refractivity contribution in [3.8, 4) is 11.5 Å². The molecule has 0 radical (unpaired) electrons. The van der Waals surface area contributed by atoms with Crippen LogP contribution in [0.3, 0.4) is 0 Å². The highest BCUT2D eigenvalue weighted by atomic mass is 16.5. The molecule has 0 aliphatic carbocycles. The highest BCUT2D eigenvalue weighted by Crippen LogP contribution is 2.27. The summed E-state index contributed by atoms with van der Waals surface area (Å²) in [5.74, 6) is 1.93. The summed E-state index contributed by atoms with van der Waals surface area (Å²) < 4.78 is 16.0. The maximum absolute atomic E-state index is 5.83. The number of guanidine groups is 1. The Morgan fingerprint density at radius 2 is 1.96 bits per heavy atom. The molecule has 3 N–H and O–H groups in total. The van der Waals surface area contributed by atoms with E-state index in [1.54, 1.807) is 14.2 Å². The predicted octanol–water partition coefficient (Wildman–Crippen LogP) is 1.97. The normalized spacial score (nSPS) is 11.6. The van der Waals surface area contributed by atoms with Gasteiger partial charge in [0.1, 0.15) is 0 Å². The SMILES string of the molecule is COc1ccc(CCNC(N)=NCCCOC(C)C)cc1OC. The van der Waals surface area contributed by atoms with Crippen LogP contribution in [0, 0.1) is 0 Å². The molecule has 23 heavy (non-hydrogen) atoms. The van der Waals surface area contributed by atoms with Gasteiger partial charge in [-0.15, -0.1) is 0 Å². The fourth-order valence-corrected chi connectivity index (χ4v) is 2.01. The Bertz CT molecular complexity index is 490. The lowest BCUT2D eigenvalue weighted by molar-refractivity contribution is 0.0783. The molecular formula is C17H29N3O3. The number of ether oxygens (including phenoxy) is 3. The minimum absolute atomic E-state index is 0.260. The maximum atomic E-state index is 5.83. The van der Waals surface area contributed by atoms with Gasteiger partial charge < -0.3 is 25.3 Å². The Morgan fingerprint density at radius 3 is 2.61 bits per heavy atom. The Kier molecular flexibility index (Phi) is 8.90. The van der Waals surface area contributed by atoms with Gasteiger partial charge in [0.15, 0.2) is 17.5 Å². The monoisotopic (exact) mass is 323 g/mol. The summed E-state index contributed by atoms with van der Waals surface area (Å²) in [7, 11) is 3.26. The number of rotatable bonds is 10. The second-order valence-corrected chi connectivity index (χ2v) is 5.41. The van der Waals surface area contributed by atoms with E-state index in [2.05, 4.69) is 10.3 Å². The van der Waals surface area contributed by atoms with Gasteiger partial charge in [0.25, 0.3) is 0 Å². The molecular weight excluding hydrogens is 294 g/mol. The van der Waals surface area contributed by atoms with Crippen LogP contribution in [0.5, 0.6) is 11.5 Å². The molecule has 0 unspecified atom stereocenters. The van der Waals surface area contributed by atoms with Crippen LogP contribution in [0.1, 0.15) is 25.8 Å². The number of methoxy groups -OCH3 is 2. The average molecular weight is 323 g/mol. The standard InChI is InChI=1S/C17H29N3O3/c1-13(2)23-11-5-9-19-17(18)20-10-8-14-6-7-15(21-3)16(12-14)22-4/h6-7,12-13H,5,8-11H2,1-4H3,(H3,18,19,20). The van der Waals surface area contributed by atoms with Gasteiger partial charge in [-0.25, -0.2) is 0 Å². The number of hydrogen-bond donors (Lipinski definition) is 2. The van der Waals surface area contributed by atoms with Crippen LogP contribution in [0.15, 0.2) is 23.2 Å². The van der Waals surface area contributed by atoms with Crippen molar-refractivity contribution in [2.24, 2.45) is 10.7 Å². The molecule has 0 atom stereocenters. The zero-order valence-corrected chi connectivity index (χ0v) is 14.6. The zero-order valence-electron chi connectivity index (χ0n) is 14.6. The number of hydrogen-bond acceptors (Lipinski definition) is 4. The van der Waals surface area contributed by atoms with Crippen LogP contribution in [0.2, 0.25) is 0 Å². The molecule has 130 valence electrons. The first-order valence-corrected chi connectivity index (χ1v) is 7.93. The van der Waals surface area contributed by atoms with Crippen molar-refractivity contribution < 1.29 is 14.2 Å². The third-order valence-electron chi connectivity index (χ3n) is 3.20. The van der Waals surface area contributed by atoms with Crippen LogP contribution < -0.4 is 20.5 Å². The summed E-state index contributed by atoms with van der Waals surface area (Å²) in [6.07, 6.45) is 1.96. The van der Waals surface area contributed by atoms with E-state index in [-0.39, 0.29) is 6.10 Å². The number of nitrogens with two attached hydrogens (primary N) is 1. The Morgan fingerprint density at radius 1 is 1.22 bits per heavy atom. The van der Waals surface area contributed by atoms with E-state index in [9.17, 15) is 0 Å². The van der Waals surface area contributed by atoms with Crippen LogP contribution in [-0.4, -0.2) is 46.0 Å². The molecule has 0 aliphatic heterocycles. The molecule has 0 aliphatic rings. The fraction of sp³-hybridized carbons (Fsp3) is 0.588. The van der Waals surface area contributed by atoms with E-state index in [1.165, 1.54) is 0 Å². The average Bonchev–Trinajstić information content (AvgIpc) is 2.54. The molecule has 1 aromatic rings. The van der Waals surface area contributed by atoms with Gasteiger partial charge in [0.05, 0.1) is 20.3 Å². The lowest BCUT2D eigenvalue weighted by atomic mass is 10.1. The van der Waals surface area contributed by atoms with Crippen molar-refractivity contribution in [1.82, 2.24) is 5.32 Å². The van der Waals surface area contributed by atoms with E-state index >= 15 is 0 Å². The van der Waals surface area contributed by atoms with Gasteiger partial charge in [-0.3, -0.25) is 4.99 Å². The van der Waals surface area contributed by atoms with Gasteiger partial charge in [-0.2, -0.15) is 0 Å². The molecule has 0 bridgehead atoms. The Balaban J connectivity index is 2.30. The van der Waals surface area contributed by atoms with Crippen molar-refractivity contribution in [3.05, 3.63) is 23.8 Å². The summed E-state index contributed by atoms with van der Waals surface area (Å²) in [5.41, 5.74) is 6.98. The number of nitrogens with one attached hydrogen (secondary N) is 1. The smallest absolute Gasteiger partial charge is 0.188 e. The zero-order chi connectivity index (χ0) is 17.1. The van der Waals surface area contributed by atoms with Crippen molar-refractivity contribution in [1.29, 1.82) is 0 Å². The van der Waals surface area contributed by atoms with Gasteiger partial charge in [-0.05, 0) is 44.4 Å². The first-order chi connectivity index (χ1) is 11.1. The number of benzene rings is 1. The maximum Gasteiger partial charge on any atom is 0.188 e.